The van der Waals surface area contributed by atoms with Crippen molar-refractivity contribution in [2.75, 3.05) is 24.8 Å². The van der Waals surface area contributed by atoms with Crippen LogP contribution in [0, 0.1) is 0 Å². The number of phosphoric ester groups is 1. The van der Waals surface area contributed by atoms with Crippen LogP contribution < -0.4 is 16.7 Å². The molecule has 1 aromatic heterocycles. The zero-order valence-electron chi connectivity index (χ0n) is 21.3. The van der Waals surface area contributed by atoms with Crippen LogP contribution in [0.3, 0.4) is 0 Å². The van der Waals surface area contributed by atoms with Crippen molar-refractivity contribution < 1.29 is 73.3 Å². The van der Waals surface area contributed by atoms with E-state index in [1.54, 1.807) is 0 Å². The number of carbonyl (C=O) groups is 2. The van der Waals surface area contributed by atoms with Gasteiger partial charge in [0.1, 0.15) is 48.3 Å². The van der Waals surface area contributed by atoms with Crippen LogP contribution >= 0.6 is 19.4 Å². The summed E-state index contributed by atoms with van der Waals surface area (Å²) in [6.07, 6.45) is -14.9. The van der Waals surface area contributed by atoms with Crippen molar-refractivity contribution in [3.05, 3.63) is 22.7 Å². The number of nitrogens with one attached hydrogen (secondary N) is 1. The van der Waals surface area contributed by atoms with Crippen molar-refractivity contribution in [3.63, 3.8) is 0 Å². The third-order valence-corrected chi connectivity index (χ3v) is 7.64. The van der Waals surface area contributed by atoms with Crippen molar-refractivity contribution in [1.82, 2.24) is 14.9 Å². The van der Waals surface area contributed by atoms with Gasteiger partial charge in [-0.3, -0.25) is 13.9 Å². The van der Waals surface area contributed by atoms with E-state index >= 15 is 0 Å². The zero-order valence-corrected chi connectivity index (χ0v) is 23.0. The highest BCUT2D eigenvalue weighted by molar-refractivity contribution is 7.47. The molecule has 238 valence electrons. The number of phosphoric acid groups is 1. The first-order valence-electron chi connectivity index (χ1n) is 12.0. The second-order valence-electron chi connectivity index (χ2n) is 9.32. The summed E-state index contributed by atoms with van der Waals surface area (Å²) >= 11 is 5.44. The molecule has 2 aliphatic heterocycles. The number of carbonyl (C=O) groups excluding carboxylic acids is 1. The molecule has 0 saturated carbocycles. The highest BCUT2D eigenvalue weighted by Gasteiger charge is 2.59. The van der Waals surface area contributed by atoms with Gasteiger partial charge >= 0.3 is 19.5 Å². The third-order valence-electron chi connectivity index (χ3n) is 6.39. The van der Waals surface area contributed by atoms with Gasteiger partial charge in [-0.15, -0.1) is 11.6 Å². The van der Waals surface area contributed by atoms with Crippen molar-refractivity contribution >= 4 is 37.1 Å². The maximum Gasteiger partial charge on any atom is 0.475 e. The molecular weight excluding hydrogens is 619 g/mol. The number of ether oxygens (including phenoxy) is 2. The molecule has 2 fully saturated rings. The summed E-state index contributed by atoms with van der Waals surface area (Å²) in [6, 6.07) is -0.447. The molecule has 3 heterocycles. The van der Waals surface area contributed by atoms with Gasteiger partial charge < -0.3 is 61.2 Å². The minimum atomic E-state index is -5.54. The first-order chi connectivity index (χ1) is 19.6. The van der Waals surface area contributed by atoms with Crippen LogP contribution in [0.15, 0.2) is 17.1 Å². The van der Waals surface area contributed by atoms with Gasteiger partial charge in [0.05, 0.1) is 25.4 Å². The largest absolute Gasteiger partial charge is 0.477 e. The fraction of sp³-hybridized carbons (Fsp3) is 0.700. The molecule has 2 saturated heterocycles. The number of nitrogens with zero attached hydrogens (tertiary/aromatic N) is 2. The van der Waals surface area contributed by atoms with Crippen LogP contribution in [0.5, 0.6) is 0 Å². The van der Waals surface area contributed by atoms with Crippen LogP contribution in [0.25, 0.3) is 0 Å². The average molecular weight is 649 g/mol. The van der Waals surface area contributed by atoms with Gasteiger partial charge in [0.25, 0.3) is 5.79 Å². The molecule has 20 nitrogen and oxygen atoms in total. The van der Waals surface area contributed by atoms with Gasteiger partial charge in [-0.2, -0.15) is 4.98 Å². The Labute approximate surface area is 240 Å². The predicted molar refractivity (Wildman–Crippen MR) is 133 cm³/mol. The maximum atomic E-state index is 12.8. The number of aliphatic hydroxyl groups excluding tert-OH is 6. The number of aromatic nitrogens is 2. The van der Waals surface area contributed by atoms with Crippen LogP contribution in [0.4, 0.5) is 5.82 Å². The van der Waals surface area contributed by atoms with Gasteiger partial charge in [0, 0.05) is 12.6 Å². The predicted octanol–water partition coefficient (Wildman–Crippen LogP) is -5.05. The Morgan fingerprint density at radius 1 is 1.31 bits per heavy atom. The van der Waals surface area contributed by atoms with Gasteiger partial charge in [-0.05, 0) is 6.07 Å². The van der Waals surface area contributed by atoms with E-state index in [-0.39, 0.29) is 5.82 Å². The number of nitrogen functional groups attached to an aromatic ring is 1. The molecular formula is C20H30ClN4O16P. The molecule has 4 unspecified atom stereocenters. The lowest BCUT2D eigenvalue weighted by molar-refractivity contribution is -0.289. The Kier molecular flexibility index (Phi) is 11.0. The number of halogens is 1. The molecule has 22 heteroatoms. The molecule has 11 atom stereocenters. The van der Waals surface area contributed by atoms with Gasteiger partial charge in [-0.25, -0.2) is 18.7 Å². The van der Waals surface area contributed by atoms with E-state index in [4.69, 9.17) is 35.9 Å². The number of aliphatic hydroxyl groups is 6. The number of amides is 1. The molecule has 0 bridgehead atoms. The maximum absolute atomic E-state index is 12.8. The summed E-state index contributed by atoms with van der Waals surface area (Å²) in [5, 5.41) is 72.8. The first kappa shape index (κ1) is 34.2. The lowest BCUT2D eigenvalue weighted by Gasteiger charge is -2.46. The second kappa shape index (κ2) is 13.6. The second-order valence-corrected chi connectivity index (χ2v) is 11.0. The van der Waals surface area contributed by atoms with Gasteiger partial charge in [0.15, 0.2) is 6.23 Å². The highest BCUT2D eigenvalue weighted by atomic mass is 35.5. The summed E-state index contributed by atoms with van der Waals surface area (Å²) in [7, 11) is -5.54. The molecule has 11 N–H and O–H groups in total. The van der Waals surface area contributed by atoms with Gasteiger partial charge in [-0.1, -0.05) is 0 Å². The first-order valence-corrected chi connectivity index (χ1v) is 14.0. The van der Waals surface area contributed by atoms with Crippen molar-refractivity contribution in [3.8, 4) is 0 Å². The molecule has 0 spiro atoms. The van der Waals surface area contributed by atoms with E-state index in [0.717, 1.165) is 10.8 Å². The number of alkyl halides is 1. The molecule has 42 heavy (non-hydrogen) atoms. The van der Waals surface area contributed by atoms with E-state index in [9.17, 15) is 59.6 Å². The summed E-state index contributed by atoms with van der Waals surface area (Å²) in [5.74, 6) is -7.04. The van der Waals surface area contributed by atoms with Crippen molar-refractivity contribution in [2.24, 2.45) is 0 Å². The van der Waals surface area contributed by atoms with E-state index in [1.807, 2.05) is 0 Å². The fourth-order valence-electron chi connectivity index (χ4n) is 4.31. The Morgan fingerprint density at radius 3 is 2.55 bits per heavy atom. The molecule has 0 aromatic carbocycles. The molecule has 2 aliphatic rings. The summed E-state index contributed by atoms with van der Waals surface area (Å²) in [4.78, 5) is 49.9. The van der Waals surface area contributed by atoms with Crippen LogP contribution in [0.2, 0.25) is 0 Å². The smallest absolute Gasteiger partial charge is 0.475 e. The van der Waals surface area contributed by atoms with E-state index < -0.39 is 112 Å². The average Bonchev–Trinajstić information content (AvgIpc) is 3.20. The molecule has 1 aromatic rings. The van der Waals surface area contributed by atoms with Crippen LogP contribution in [-0.4, -0.2) is 136 Å². The molecule has 1 amide bonds. The number of hydrogen-bond donors (Lipinski definition) is 10. The van der Waals surface area contributed by atoms with Crippen LogP contribution in [-0.2, 0) is 32.7 Å². The lowest BCUT2D eigenvalue weighted by Crippen LogP contribution is -2.68. The normalized spacial score (nSPS) is 34.3. The molecule has 0 radical (unpaired) electrons. The number of anilines is 1. The Balaban J connectivity index is 1.79. The van der Waals surface area contributed by atoms with Crippen molar-refractivity contribution in [2.45, 2.75) is 67.2 Å². The third kappa shape index (κ3) is 7.42. The number of rotatable bonds is 12. The Morgan fingerprint density at radius 2 is 1.98 bits per heavy atom. The number of aliphatic carboxylic acids is 1. The lowest BCUT2D eigenvalue weighted by atomic mass is 9.88. The number of hydrogen-bond acceptors (Lipinski definition) is 16. The van der Waals surface area contributed by atoms with E-state index in [2.05, 4.69) is 10.3 Å². The molecule has 3 rings (SSSR count). The number of carboxylic acids is 1. The minimum absolute atomic E-state index is 0.140. The minimum Gasteiger partial charge on any atom is -0.477 e. The highest BCUT2D eigenvalue weighted by Crippen LogP contribution is 2.51. The van der Waals surface area contributed by atoms with Crippen molar-refractivity contribution in [1.29, 1.82) is 0 Å². The van der Waals surface area contributed by atoms with Gasteiger partial charge in [0.2, 0.25) is 5.91 Å². The van der Waals surface area contributed by atoms with E-state index in [0.29, 0.717) is 0 Å². The Hall–Kier alpha value is -2.30. The summed E-state index contributed by atoms with van der Waals surface area (Å²) < 4.78 is 33.7. The van der Waals surface area contributed by atoms with Crippen LogP contribution in [0.1, 0.15) is 12.6 Å². The van der Waals surface area contributed by atoms with E-state index in [1.165, 1.54) is 6.07 Å². The number of carboxylic acid groups (broad SMARTS) is 1. The fourth-order valence-corrected chi connectivity index (χ4v) is 5.34. The summed E-state index contributed by atoms with van der Waals surface area (Å²) in [5.41, 5.74) is 4.46. The summed E-state index contributed by atoms with van der Waals surface area (Å²) in [6.45, 7) is -2.10. The molecule has 0 aliphatic carbocycles. The monoisotopic (exact) mass is 648 g/mol. The quantitative estimate of drug-likeness (QED) is 0.0748. The standard InChI is InChI=1S/C20H30ClN4O16P/c21-4-11(29)24-12-7(27)3-20(18(33)34,40-16(12)13(30)8(28)5-26)41-42(36,37)38-6-9-14(31)15(32)17(39-9)25-2-1-10(22)23-19(25)35/h1-2,7-9,12-17,26-28,30-32H,3-6H2,(H,24,29)(H,33,34)(H,36,37)(H2,22,23,35)/t7-,8+,9?,12+,13+,14+,15+,16?,17?,20+/m0/s1. The Bertz CT molecular complexity index is 1240. The topological polar surface area (TPSA) is 323 Å². The SMILES string of the molecule is Nc1ccn(C2OC(COP(=O)(O)O[C@@]3(C(=O)O)C[C@H](O)[C@@H](NC(=O)CCl)C([C@H](O)[C@H](O)CO)O3)[C@@H](O)[C@H]2O)c(=O)n1. The zero-order chi connectivity index (χ0) is 31.6. The number of nitrogens with two attached hydrogens (primary N) is 1.